The fourth-order valence-electron chi connectivity index (χ4n) is 4.68. The number of hydrogen-bond donors (Lipinski definition) is 0. The van der Waals surface area contributed by atoms with Crippen molar-refractivity contribution in [3.63, 3.8) is 0 Å². The van der Waals surface area contributed by atoms with E-state index >= 15 is 0 Å². The molecule has 2 aromatic carbocycles. The van der Waals surface area contributed by atoms with Gasteiger partial charge in [-0.1, -0.05) is 95.3 Å². The van der Waals surface area contributed by atoms with E-state index in [1.54, 1.807) is 0 Å². The van der Waals surface area contributed by atoms with Crippen LogP contribution in [0.15, 0.2) is 54.6 Å². The number of carbonyl (C=O) groups is 1. The van der Waals surface area contributed by atoms with Gasteiger partial charge in [0, 0.05) is 6.42 Å². The summed E-state index contributed by atoms with van der Waals surface area (Å²) >= 11 is 0. The van der Waals surface area contributed by atoms with Crippen molar-refractivity contribution in [1.29, 1.82) is 0 Å². The van der Waals surface area contributed by atoms with E-state index in [1.807, 2.05) is 24.3 Å². The summed E-state index contributed by atoms with van der Waals surface area (Å²) < 4.78 is 5.41. The van der Waals surface area contributed by atoms with Gasteiger partial charge in [0.15, 0.2) is 0 Å². The van der Waals surface area contributed by atoms with Gasteiger partial charge in [-0.25, -0.2) is 0 Å². The van der Waals surface area contributed by atoms with Crippen molar-refractivity contribution in [3.8, 4) is 16.9 Å². The number of esters is 1. The van der Waals surface area contributed by atoms with Crippen LogP contribution < -0.4 is 4.74 Å². The summed E-state index contributed by atoms with van der Waals surface area (Å²) in [6.45, 7) is 6.81. The molecular weight excluding hydrogens is 392 g/mol. The molecule has 0 heterocycles. The molecule has 2 nitrogen and oxygen atoms in total. The summed E-state index contributed by atoms with van der Waals surface area (Å²) in [5.41, 5.74) is 5.19. The van der Waals surface area contributed by atoms with Gasteiger partial charge in [-0.2, -0.15) is 0 Å². The standard InChI is InChI=1S/C30H40O2/c1-4-6-8-9-23(3)24-11-13-25(14-12-24)26-15-17-27(18-16-26)28-19-21-29(22-20-28)32-30(31)10-7-5-2/h13,15-24H,4-12,14H2,1-3H3. The predicted octanol–water partition coefficient (Wildman–Crippen LogP) is 8.85. The van der Waals surface area contributed by atoms with Gasteiger partial charge in [0.25, 0.3) is 0 Å². The first kappa shape index (κ1) is 24.3. The topological polar surface area (TPSA) is 26.3 Å². The minimum Gasteiger partial charge on any atom is -0.427 e. The molecular formula is C30H40O2. The van der Waals surface area contributed by atoms with Crippen LogP contribution in [0.5, 0.6) is 5.75 Å². The molecule has 0 spiro atoms. The lowest BCUT2D eigenvalue weighted by Crippen LogP contribution is -2.14. The zero-order valence-corrected chi connectivity index (χ0v) is 20.2. The van der Waals surface area contributed by atoms with Gasteiger partial charge >= 0.3 is 5.97 Å². The number of allylic oxidation sites excluding steroid dienone is 2. The fraction of sp³-hybridized carbons (Fsp3) is 0.500. The molecule has 2 heteroatoms. The molecule has 1 aliphatic rings. The smallest absolute Gasteiger partial charge is 0.311 e. The van der Waals surface area contributed by atoms with E-state index in [0.29, 0.717) is 12.2 Å². The van der Waals surface area contributed by atoms with Crippen molar-refractivity contribution < 1.29 is 9.53 Å². The second-order valence-corrected chi connectivity index (χ2v) is 9.42. The van der Waals surface area contributed by atoms with Crippen LogP contribution >= 0.6 is 0 Å². The molecule has 0 amide bonds. The van der Waals surface area contributed by atoms with Crippen molar-refractivity contribution in [3.05, 3.63) is 60.2 Å². The highest BCUT2D eigenvalue weighted by Crippen LogP contribution is 2.36. The normalized spacial score (nSPS) is 17.0. The Morgan fingerprint density at radius 1 is 0.906 bits per heavy atom. The van der Waals surface area contributed by atoms with E-state index in [0.717, 1.165) is 30.2 Å². The second-order valence-electron chi connectivity index (χ2n) is 9.42. The quantitative estimate of drug-likeness (QED) is 0.201. The monoisotopic (exact) mass is 432 g/mol. The molecule has 0 fully saturated rings. The van der Waals surface area contributed by atoms with Crippen molar-refractivity contribution in [2.45, 2.75) is 85.0 Å². The van der Waals surface area contributed by atoms with E-state index in [-0.39, 0.29) is 5.97 Å². The Balaban J connectivity index is 1.55. The maximum Gasteiger partial charge on any atom is 0.311 e. The zero-order valence-electron chi connectivity index (χ0n) is 20.2. The first-order chi connectivity index (χ1) is 15.6. The fourth-order valence-corrected chi connectivity index (χ4v) is 4.68. The van der Waals surface area contributed by atoms with E-state index in [1.165, 1.54) is 61.6 Å². The maximum atomic E-state index is 11.8. The zero-order chi connectivity index (χ0) is 22.8. The van der Waals surface area contributed by atoms with Crippen molar-refractivity contribution in [2.75, 3.05) is 0 Å². The molecule has 2 atom stereocenters. The lowest BCUT2D eigenvalue weighted by atomic mass is 9.78. The molecule has 2 unspecified atom stereocenters. The van der Waals surface area contributed by atoms with Gasteiger partial charge in [0.05, 0.1) is 0 Å². The average molecular weight is 433 g/mol. The number of carbonyl (C=O) groups excluding carboxylic acids is 1. The van der Waals surface area contributed by atoms with Gasteiger partial charge < -0.3 is 4.74 Å². The Bertz CT molecular complexity index is 861. The summed E-state index contributed by atoms with van der Waals surface area (Å²) in [6.07, 6.45) is 14.0. The minimum atomic E-state index is -0.151. The largest absolute Gasteiger partial charge is 0.427 e. The summed E-state index contributed by atoms with van der Waals surface area (Å²) in [5.74, 6) is 2.17. The Morgan fingerprint density at radius 2 is 1.53 bits per heavy atom. The molecule has 1 aliphatic carbocycles. The highest BCUT2D eigenvalue weighted by molar-refractivity contribution is 5.74. The van der Waals surface area contributed by atoms with Crippen LogP contribution in [0.25, 0.3) is 16.7 Å². The molecule has 172 valence electrons. The molecule has 2 aromatic rings. The lowest BCUT2D eigenvalue weighted by molar-refractivity contribution is -0.134. The molecule has 0 saturated carbocycles. The van der Waals surface area contributed by atoms with Gasteiger partial charge in [-0.05, 0) is 71.9 Å². The number of benzene rings is 2. The van der Waals surface area contributed by atoms with Crippen LogP contribution in [0.3, 0.4) is 0 Å². The molecule has 0 bridgehead atoms. The van der Waals surface area contributed by atoms with Crippen molar-refractivity contribution >= 4 is 11.5 Å². The molecule has 0 N–H and O–H groups in total. The Hall–Kier alpha value is -2.35. The minimum absolute atomic E-state index is 0.151. The number of rotatable bonds is 11. The number of hydrogen-bond acceptors (Lipinski definition) is 2. The van der Waals surface area contributed by atoms with Gasteiger partial charge in [-0.3, -0.25) is 4.79 Å². The Labute approximate surface area is 195 Å². The van der Waals surface area contributed by atoms with Crippen LogP contribution in [0, 0.1) is 11.8 Å². The Kier molecular flexibility index (Phi) is 9.59. The first-order valence-corrected chi connectivity index (χ1v) is 12.7. The third kappa shape index (κ3) is 7.08. The van der Waals surface area contributed by atoms with Crippen molar-refractivity contribution in [2.24, 2.45) is 11.8 Å². The van der Waals surface area contributed by atoms with Crippen LogP contribution in [0.4, 0.5) is 0 Å². The molecule has 0 aromatic heterocycles. The summed E-state index contributed by atoms with van der Waals surface area (Å²) in [6, 6.07) is 16.8. The van der Waals surface area contributed by atoms with E-state index < -0.39 is 0 Å². The van der Waals surface area contributed by atoms with Crippen LogP contribution in [-0.2, 0) is 4.79 Å². The summed E-state index contributed by atoms with van der Waals surface area (Å²) in [7, 11) is 0. The maximum absolute atomic E-state index is 11.8. The second kappa shape index (κ2) is 12.6. The Morgan fingerprint density at radius 3 is 2.12 bits per heavy atom. The first-order valence-electron chi connectivity index (χ1n) is 12.7. The third-order valence-electron chi connectivity index (χ3n) is 6.93. The SMILES string of the molecule is CCCCCC(C)C1CC=C(c2ccc(-c3ccc(OC(=O)CCCC)cc3)cc2)CC1. The van der Waals surface area contributed by atoms with Gasteiger partial charge in [-0.15, -0.1) is 0 Å². The molecule has 32 heavy (non-hydrogen) atoms. The van der Waals surface area contributed by atoms with Crippen LogP contribution in [0.2, 0.25) is 0 Å². The summed E-state index contributed by atoms with van der Waals surface area (Å²) in [5, 5.41) is 0. The highest BCUT2D eigenvalue weighted by atomic mass is 16.5. The highest BCUT2D eigenvalue weighted by Gasteiger charge is 2.20. The predicted molar refractivity (Wildman–Crippen MR) is 136 cm³/mol. The van der Waals surface area contributed by atoms with Crippen molar-refractivity contribution in [1.82, 2.24) is 0 Å². The molecule has 0 saturated heterocycles. The average Bonchev–Trinajstić information content (AvgIpc) is 2.83. The lowest BCUT2D eigenvalue weighted by Gasteiger charge is -2.27. The third-order valence-corrected chi connectivity index (χ3v) is 6.93. The van der Waals surface area contributed by atoms with Crippen LogP contribution in [-0.4, -0.2) is 5.97 Å². The van der Waals surface area contributed by atoms with E-state index in [2.05, 4.69) is 51.1 Å². The van der Waals surface area contributed by atoms with E-state index in [4.69, 9.17) is 4.74 Å². The molecule has 0 radical (unpaired) electrons. The van der Waals surface area contributed by atoms with Gasteiger partial charge in [0.2, 0.25) is 0 Å². The van der Waals surface area contributed by atoms with Crippen LogP contribution in [0.1, 0.15) is 90.5 Å². The number of unbranched alkanes of at least 4 members (excludes halogenated alkanes) is 3. The summed E-state index contributed by atoms with van der Waals surface area (Å²) in [4.78, 5) is 11.8. The van der Waals surface area contributed by atoms with Gasteiger partial charge in [0.1, 0.15) is 5.75 Å². The molecule has 3 rings (SSSR count). The van der Waals surface area contributed by atoms with E-state index in [9.17, 15) is 4.79 Å². The number of ether oxygens (including phenoxy) is 1. The molecule has 0 aliphatic heterocycles.